The molecule has 0 saturated carbocycles. The molecule has 0 spiro atoms. The van der Waals surface area contributed by atoms with E-state index in [0.717, 1.165) is 27.5 Å². The Balaban J connectivity index is 1.61. The summed E-state index contributed by atoms with van der Waals surface area (Å²) in [6, 6.07) is 13.9. The van der Waals surface area contributed by atoms with Gasteiger partial charge in [0, 0.05) is 28.5 Å². The number of nitrogens with two attached hydrogens (primary N) is 1. The minimum Gasteiger partial charge on any atom is -0.318 e. The Kier molecular flexibility index (Phi) is 5.49. The Bertz CT molecular complexity index is 1370. The van der Waals surface area contributed by atoms with E-state index in [1.165, 1.54) is 12.1 Å². The normalized spacial score (nSPS) is 14.2. The quantitative estimate of drug-likeness (QED) is 0.613. The number of carbonyl (C=O) groups is 2. The minimum atomic E-state index is -3.78. The van der Waals surface area contributed by atoms with Gasteiger partial charge in [-0.1, -0.05) is 11.6 Å². The summed E-state index contributed by atoms with van der Waals surface area (Å²) in [6.45, 7) is 3.78. The number of aromatic nitrogens is 1. The highest BCUT2D eigenvalue weighted by molar-refractivity contribution is 7.89. The first kappa shape index (κ1) is 21.9. The summed E-state index contributed by atoms with van der Waals surface area (Å²) in [5.74, 6) is -0.473. The van der Waals surface area contributed by atoms with E-state index in [2.05, 4.69) is 4.99 Å². The molecule has 4 rings (SSSR count). The van der Waals surface area contributed by atoms with Crippen molar-refractivity contribution in [3.8, 4) is 5.69 Å². The maximum Gasteiger partial charge on any atom is 0.355 e. The summed E-state index contributed by atoms with van der Waals surface area (Å²) in [6.07, 6.45) is 0.184. The van der Waals surface area contributed by atoms with Crippen molar-refractivity contribution in [1.82, 2.24) is 4.57 Å². The lowest BCUT2D eigenvalue weighted by molar-refractivity contribution is -0.111. The number of carbonyl (C=O) groups excluding carboxylic acids is 2. The second-order valence-electron chi connectivity index (χ2n) is 7.41. The van der Waals surface area contributed by atoms with Crippen molar-refractivity contribution in [2.24, 2.45) is 10.1 Å². The van der Waals surface area contributed by atoms with Crippen molar-refractivity contribution in [1.29, 1.82) is 0 Å². The largest absolute Gasteiger partial charge is 0.355 e. The van der Waals surface area contributed by atoms with Gasteiger partial charge in [0.05, 0.1) is 10.6 Å². The molecule has 1 aliphatic heterocycles. The zero-order valence-electron chi connectivity index (χ0n) is 17.2. The molecule has 0 aliphatic carbocycles. The van der Waals surface area contributed by atoms with E-state index in [-0.39, 0.29) is 17.0 Å². The van der Waals surface area contributed by atoms with E-state index in [4.69, 9.17) is 16.7 Å². The van der Waals surface area contributed by atoms with Crippen LogP contribution in [-0.4, -0.2) is 30.6 Å². The summed E-state index contributed by atoms with van der Waals surface area (Å²) in [7, 11) is -3.78. The zero-order chi connectivity index (χ0) is 23.2. The molecule has 10 heteroatoms. The van der Waals surface area contributed by atoms with E-state index < -0.39 is 22.0 Å². The summed E-state index contributed by atoms with van der Waals surface area (Å²) in [5, 5.41) is 5.67. The lowest BCUT2D eigenvalue weighted by Gasteiger charge is -2.13. The molecule has 2 aromatic carbocycles. The van der Waals surface area contributed by atoms with E-state index in [1.807, 2.05) is 24.5 Å². The lowest BCUT2D eigenvalue weighted by Crippen LogP contribution is -2.33. The molecule has 32 heavy (non-hydrogen) atoms. The molecule has 2 heterocycles. The third-order valence-corrected chi connectivity index (χ3v) is 6.46. The number of anilines is 1. The van der Waals surface area contributed by atoms with Crippen LogP contribution in [0.5, 0.6) is 0 Å². The van der Waals surface area contributed by atoms with Gasteiger partial charge < -0.3 is 4.57 Å². The van der Waals surface area contributed by atoms with Gasteiger partial charge in [0.25, 0.3) is 5.91 Å². The molecule has 0 atom stereocenters. The molecule has 0 unspecified atom stereocenters. The molecule has 8 nitrogen and oxygen atoms in total. The van der Waals surface area contributed by atoms with Crippen LogP contribution in [0.15, 0.2) is 64.5 Å². The number of aryl methyl sites for hydroxylation is 1. The molecule has 0 bridgehead atoms. The van der Waals surface area contributed by atoms with Crippen LogP contribution in [0.4, 0.5) is 10.5 Å². The molecule has 1 aliphatic rings. The highest BCUT2D eigenvalue weighted by atomic mass is 35.5. The zero-order valence-corrected chi connectivity index (χ0v) is 18.8. The number of amides is 3. The van der Waals surface area contributed by atoms with Gasteiger partial charge in [-0.25, -0.2) is 23.3 Å². The number of urea groups is 1. The number of hydrogen-bond acceptors (Lipinski definition) is 4. The molecule has 1 aromatic heterocycles. The molecule has 2 N–H and O–H groups in total. The summed E-state index contributed by atoms with van der Waals surface area (Å²) in [4.78, 5) is 30.3. The monoisotopic (exact) mass is 470 g/mol. The highest BCUT2D eigenvalue weighted by Crippen LogP contribution is 2.26. The molecule has 164 valence electrons. The van der Waals surface area contributed by atoms with Gasteiger partial charge in [0.1, 0.15) is 5.71 Å². The average molecular weight is 471 g/mol. The molecule has 0 saturated heterocycles. The fourth-order valence-electron chi connectivity index (χ4n) is 3.73. The lowest BCUT2D eigenvalue weighted by atomic mass is 10.1. The Morgan fingerprint density at radius 1 is 0.969 bits per heavy atom. The van der Waals surface area contributed by atoms with Crippen LogP contribution in [0, 0.1) is 13.8 Å². The third-order valence-electron chi connectivity index (χ3n) is 5.27. The first-order chi connectivity index (χ1) is 15.1. The van der Waals surface area contributed by atoms with Gasteiger partial charge >= 0.3 is 6.03 Å². The van der Waals surface area contributed by atoms with E-state index >= 15 is 0 Å². The van der Waals surface area contributed by atoms with Crippen LogP contribution >= 0.6 is 11.6 Å². The SMILES string of the molecule is Cc1cc(CC2=NC(=O)N(c3ccc(Cl)cc3)C2=O)c(C)n1-c1ccc(S(N)(=O)=O)cc1. The number of sulfonamides is 1. The van der Waals surface area contributed by atoms with Crippen molar-refractivity contribution in [3.05, 3.63) is 76.6 Å². The van der Waals surface area contributed by atoms with Crippen molar-refractivity contribution in [2.45, 2.75) is 25.2 Å². The molecule has 3 amide bonds. The Morgan fingerprint density at radius 2 is 1.56 bits per heavy atom. The number of aliphatic imine (C=N–C) groups is 1. The van der Waals surface area contributed by atoms with Crippen LogP contribution in [0.25, 0.3) is 5.69 Å². The maximum absolute atomic E-state index is 12.9. The van der Waals surface area contributed by atoms with Gasteiger partial charge in [-0.05, 0) is 74.0 Å². The number of primary sulfonamides is 1. The number of hydrogen-bond donors (Lipinski definition) is 1. The van der Waals surface area contributed by atoms with Crippen LogP contribution in [-0.2, 0) is 21.2 Å². The first-order valence-corrected chi connectivity index (χ1v) is 11.5. The van der Waals surface area contributed by atoms with E-state index in [9.17, 15) is 18.0 Å². The molecule has 3 aromatic rings. The van der Waals surface area contributed by atoms with Gasteiger partial charge in [-0.15, -0.1) is 0 Å². The van der Waals surface area contributed by atoms with E-state index in [1.54, 1.807) is 36.4 Å². The van der Waals surface area contributed by atoms with Crippen LogP contribution in [0.2, 0.25) is 5.02 Å². The van der Waals surface area contributed by atoms with Gasteiger partial charge in [0.2, 0.25) is 10.0 Å². The highest BCUT2D eigenvalue weighted by Gasteiger charge is 2.34. The topological polar surface area (TPSA) is 115 Å². The van der Waals surface area contributed by atoms with Crippen LogP contribution < -0.4 is 10.0 Å². The third kappa shape index (κ3) is 3.97. The van der Waals surface area contributed by atoms with Gasteiger partial charge in [0.15, 0.2) is 0 Å². The number of nitrogens with zero attached hydrogens (tertiary/aromatic N) is 3. The Hall–Kier alpha value is -3.27. The molecular weight excluding hydrogens is 452 g/mol. The minimum absolute atomic E-state index is 0.0237. The van der Waals surface area contributed by atoms with Crippen LogP contribution in [0.1, 0.15) is 17.0 Å². The number of halogens is 1. The summed E-state index contributed by atoms with van der Waals surface area (Å²) in [5.41, 5.74) is 3.86. The molecular formula is C22H19ClN4O4S. The van der Waals surface area contributed by atoms with Gasteiger partial charge in [-0.3, -0.25) is 4.79 Å². The second kappa shape index (κ2) is 8.01. The summed E-state index contributed by atoms with van der Waals surface area (Å²) < 4.78 is 24.9. The smallest absolute Gasteiger partial charge is 0.318 e. The van der Waals surface area contributed by atoms with E-state index in [0.29, 0.717) is 10.7 Å². The Labute approximate surface area is 190 Å². The van der Waals surface area contributed by atoms with Gasteiger partial charge in [-0.2, -0.15) is 4.99 Å². The molecule has 0 radical (unpaired) electrons. The standard InChI is InChI=1S/C22H19ClN4O4S/c1-13-11-15(14(2)26(13)17-7-9-19(10-8-17)32(24,30)31)12-20-21(28)27(22(29)25-20)18-5-3-16(23)4-6-18/h3-11H,12H2,1-2H3,(H2,24,30,31). The summed E-state index contributed by atoms with van der Waals surface area (Å²) >= 11 is 5.89. The predicted molar refractivity (Wildman–Crippen MR) is 122 cm³/mol. The van der Waals surface area contributed by atoms with Crippen LogP contribution in [0.3, 0.4) is 0 Å². The fraction of sp³-hybridized carbons (Fsp3) is 0.136. The number of imide groups is 1. The van der Waals surface area contributed by atoms with Crippen molar-refractivity contribution < 1.29 is 18.0 Å². The van der Waals surface area contributed by atoms with Crippen molar-refractivity contribution >= 4 is 45.0 Å². The maximum atomic E-state index is 12.9. The first-order valence-electron chi connectivity index (χ1n) is 9.59. The fourth-order valence-corrected chi connectivity index (χ4v) is 4.37. The number of rotatable bonds is 5. The van der Waals surface area contributed by atoms with Crippen molar-refractivity contribution in [3.63, 3.8) is 0 Å². The second-order valence-corrected chi connectivity index (χ2v) is 9.40. The van der Waals surface area contributed by atoms with Crippen molar-refractivity contribution in [2.75, 3.05) is 4.90 Å². The Morgan fingerprint density at radius 3 is 2.16 bits per heavy atom. The molecule has 0 fully saturated rings. The average Bonchev–Trinajstić information content (AvgIpc) is 3.17. The number of benzene rings is 2. The predicted octanol–water partition coefficient (Wildman–Crippen LogP) is 3.55.